The monoisotopic (exact) mass is 294 g/mol. The molecule has 0 aliphatic carbocycles. The van der Waals surface area contributed by atoms with Gasteiger partial charge in [0, 0.05) is 5.39 Å². The second kappa shape index (κ2) is 4.30. The summed E-state index contributed by atoms with van der Waals surface area (Å²) in [6, 6.07) is 7.88. The minimum absolute atomic E-state index is 0.0292. The first-order chi connectivity index (χ1) is 7.91. The van der Waals surface area contributed by atoms with Crippen molar-refractivity contribution in [1.29, 1.82) is 0 Å². The van der Waals surface area contributed by atoms with Crippen LogP contribution in [0.1, 0.15) is 36.9 Å². The molecule has 2 nitrogen and oxygen atoms in total. The van der Waals surface area contributed by atoms with Gasteiger partial charge < -0.3 is 4.42 Å². The van der Waals surface area contributed by atoms with E-state index in [1.54, 1.807) is 0 Å². The topological polar surface area (TPSA) is 30.2 Å². The van der Waals surface area contributed by atoms with Gasteiger partial charge in [-0.15, -0.1) is 0 Å². The molecule has 1 aromatic heterocycles. The van der Waals surface area contributed by atoms with Gasteiger partial charge >= 0.3 is 0 Å². The molecule has 3 heteroatoms. The van der Waals surface area contributed by atoms with Gasteiger partial charge in [-0.25, -0.2) is 0 Å². The van der Waals surface area contributed by atoms with Crippen molar-refractivity contribution in [3.8, 4) is 0 Å². The summed E-state index contributed by atoms with van der Waals surface area (Å²) in [6.45, 7) is 6.50. The zero-order chi connectivity index (χ0) is 12.6. The van der Waals surface area contributed by atoms with E-state index in [-0.39, 0.29) is 11.2 Å². The third-order valence-electron chi connectivity index (χ3n) is 2.78. The van der Waals surface area contributed by atoms with Crippen LogP contribution in [-0.4, -0.2) is 11.1 Å². The molecule has 0 saturated heterocycles. The molecule has 1 heterocycles. The highest BCUT2D eigenvalue weighted by Crippen LogP contribution is 2.28. The Kier molecular flexibility index (Phi) is 3.13. The van der Waals surface area contributed by atoms with E-state index in [4.69, 9.17) is 4.42 Å². The van der Waals surface area contributed by atoms with Gasteiger partial charge in [0.15, 0.2) is 5.76 Å². The number of benzene rings is 1. The van der Waals surface area contributed by atoms with E-state index in [0.29, 0.717) is 11.1 Å². The second-order valence-corrected chi connectivity index (χ2v) is 5.73. The molecular weight excluding hydrogens is 280 g/mol. The van der Waals surface area contributed by atoms with Crippen molar-refractivity contribution in [1.82, 2.24) is 0 Å². The minimum atomic E-state index is -0.0292. The Morgan fingerprint density at radius 3 is 2.59 bits per heavy atom. The fourth-order valence-electron chi connectivity index (χ4n) is 1.71. The zero-order valence-corrected chi connectivity index (χ0v) is 11.8. The number of hydrogen-bond acceptors (Lipinski definition) is 2. The third-order valence-corrected chi connectivity index (χ3v) is 3.29. The summed E-state index contributed by atoms with van der Waals surface area (Å²) in [5, 5.41) is 1.28. The van der Waals surface area contributed by atoms with Crippen LogP contribution in [0.3, 0.4) is 0 Å². The number of carbonyl (C=O) groups excluding carboxylic acids is 1. The van der Waals surface area contributed by atoms with Crippen molar-refractivity contribution in [2.45, 2.75) is 26.2 Å². The van der Waals surface area contributed by atoms with Gasteiger partial charge in [-0.1, -0.05) is 42.8 Å². The maximum absolute atomic E-state index is 11.5. The highest BCUT2D eigenvalue weighted by Gasteiger charge is 2.16. The predicted octanol–water partition coefficient (Wildman–Crippen LogP) is 4.31. The Balaban J connectivity index is 2.52. The average Bonchev–Trinajstić information content (AvgIpc) is 2.69. The lowest BCUT2D eigenvalue weighted by atomic mass is 9.86. The Morgan fingerprint density at radius 2 is 2.00 bits per heavy atom. The Labute approximate surface area is 109 Å². The van der Waals surface area contributed by atoms with Crippen molar-refractivity contribution >= 4 is 32.7 Å². The summed E-state index contributed by atoms with van der Waals surface area (Å²) >= 11 is 3.15. The summed E-state index contributed by atoms with van der Waals surface area (Å²) in [6.07, 6.45) is 0. The summed E-state index contributed by atoms with van der Waals surface area (Å²) < 4.78 is 5.51. The number of furan rings is 1. The molecule has 0 radical (unpaired) electrons. The number of alkyl halides is 1. The number of rotatable bonds is 2. The molecule has 0 bridgehead atoms. The maximum atomic E-state index is 11.5. The molecule has 2 rings (SSSR count). The fourth-order valence-corrected chi connectivity index (χ4v) is 1.99. The number of Topliss-reactive ketones (excluding diaryl/α,β-unsaturated/α-hetero) is 1. The van der Waals surface area contributed by atoms with Crippen LogP contribution in [0.5, 0.6) is 0 Å². The van der Waals surface area contributed by atoms with E-state index >= 15 is 0 Å². The number of fused-ring (bicyclic) bond motifs is 1. The van der Waals surface area contributed by atoms with E-state index in [0.717, 1.165) is 11.0 Å². The van der Waals surface area contributed by atoms with Crippen LogP contribution in [0.25, 0.3) is 11.0 Å². The van der Waals surface area contributed by atoms with Crippen LogP contribution in [0.4, 0.5) is 0 Å². The minimum Gasteiger partial charge on any atom is -0.453 e. The fraction of sp³-hybridized carbons (Fsp3) is 0.357. The molecule has 90 valence electrons. The van der Waals surface area contributed by atoms with Crippen LogP contribution in [0, 0.1) is 0 Å². The lowest BCUT2D eigenvalue weighted by Gasteiger charge is -2.18. The standard InChI is InChI=1S/C14H15BrO2/c1-14(2,3)10-4-5-12-9(6-10)7-13(17-12)11(16)8-15/h4-7H,8H2,1-3H3. The smallest absolute Gasteiger partial charge is 0.208 e. The second-order valence-electron chi connectivity index (χ2n) is 5.17. The number of halogens is 1. The van der Waals surface area contributed by atoms with Gasteiger partial charge in [0.25, 0.3) is 0 Å². The van der Waals surface area contributed by atoms with Crippen LogP contribution < -0.4 is 0 Å². The summed E-state index contributed by atoms with van der Waals surface area (Å²) in [5.41, 5.74) is 2.11. The average molecular weight is 295 g/mol. The normalized spacial score (nSPS) is 12.0. The first kappa shape index (κ1) is 12.4. The molecule has 0 spiro atoms. The van der Waals surface area contributed by atoms with E-state index in [1.165, 1.54) is 5.56 Å². The molecule has 0 amide bonds. The van der Waals surface area contributed by atoms with Crippen molar-refractivity contribution in [2.75, 3.05) is 5.33 Å². The van der Waals surface area contributed by atoms with Gasteiger partial charge in [-0.3, -0.25) is 4.79 Å². The zero-order valence-electron chi connectivity index (χ0n) is 10.2. The van der Waals surface area contributed by atoms with Gasteiger partial charge in [0.05, 0.1) is 5.33 Å². The number of ketones is 1. The summed E-state index contributed by atoms with van der Waals surface area (Å²) in [5.74, 6) is 0.390. The lowest BCUT2D eigenvalue weighted by Crippen LogP contribution is -2.10. The van der Waals surface area contributed by atoms with Crippen molar-refractivity contribution in [2.24, 2.45) is 0 Å². The molecule has 0 atom stereocenters. The van der Waals surface area contributed by atoms with Gasteiger partial charge in [0.1, 0.15) is 5.58 Å². The Bertz CT molecular complexity index is 561. The maximum Gasteiger partial charge on any atom is 0.208 e. The quantitative estimate of drug-likeness (QED) is 0.610. The molecule has 0 saturated carbocycles. The van der Waals surface area contributed by atoms with Gasteiger partial charge in [-0.05, 0) is 29.2 Å². The Morgan fingerprint density at radius 1 is 1.29 bits per heavy atom. The highest BCUT2D eigenvalue weighted by molar-refractivity contribution is 9.09. The van der Waals surface area contributed by atoms with Crippen molar-refractivity contribution in [3.63, 3.8) is 0 Å². The van der Waals surface area contributed by atoms with E-state index in [1.807, 2.05) is 18.2 Å². The van der Waals surface area contributed by atoms with Gasteiger partial charge in [-0.2, -0.15) is 0 Å². The molecule has 0 unspecified atom stereocenters. The Hall–Kier alpha value is -1.09. The SMILES string of the molecule is CC(C)(C)c1ccc2oc(C(=O)CBr)cc2c1. The molecule has 0 N–H and O–H groups in total. The van der Waals surface area contributed by atoms with Crippen LogP contribution in [0.2, 0.25) is 0 Å². The van der Waals surface area contributed by atoms with Crippen molar-refractivity contribution in [3.05, 3.63) is 35.6 Å². The van der Waals surface area contributed by atoms with Crippen LogP contribution in [0.15, 0.2) is 28.7 Å². The molecule has 0 fully saturated rings. The molecule has 0 aliphatic rings. The predicted molar refractivity (Wildman–Crippen MR) is 73.0 cm³/mol. The molecule has 0 aliphatic heterocycles. The molecule has 17 heavy (non-hydrogen) atoms. The largest absolute Gasteiger partial charge is 0.453 e. The van der Waals surface area contributed by atoms with Crippen LogP contribution in [-0.2, 0) is 5.41 Å². The van der Waals surface area contributed by atoms with Gasteiger partial charge in [0.2, 0.25) is 5.78 Å². The third kappa shape index (κ3) is 2.44. The van der Waals surface area contributed by atoms with E-state index in [9.17, 15) is 4.79 Å². The van der Waals surface area contributed by atoms with E-state index in [2.05, 4.69) is 42.8 Å². The first-order valence-electron chi connectivity index (χ1n) is 5.55. The van der Waals surface area contributed by atoms with E-state index < -0.39 is 0 Å². The van der Waals surface area contributed by atoms with Crippen LogP contribution >= 0.6 is 15.9 Å². The van der Waals surface area contributed by atoms with Crippen molar-refractivity contribution < 1.29 is 9.21 Å². The highest BCUT2D eigenvalue weighted by atomic mass is 79.9. The lowest BCUT2D eigenvalue weighted by molar-refractivity contribution is 0.0995. The summed E-state index contributed by atoms with van der Waals surface area (Å²) in [7, 11) is 0. The summed E-state index contributed by atoms with van der Waals surface area (Å²) in [4.78, 5) is 11.5. The first-order valence-corrected chi connectivity index (χ1v) is 6.67. The molecular formula is C14H15BrO2. The molecule has 2 aromatic rings. The number of carbonyl (C=O) groups is 1. The molecule has 1 aromatic carbocycles. The number of hydrogen-bond donors (Lipinski definition) is 0.